The highest BCUT2D eigenvalue weighted by molar-refractivity contribution is 7.99. The summed E-state index contributed by atoms with van der Waals surface area (Å²) in [6.45, 7) is 2.23. The zero-order valence-electron chi connectivity index (χ0n) is 14.9. The van der Waals surface area contributed by atoms with Gasteiger partial charge in [-0.2, -0.15) is 13.2 Å². The monoisotopic (exact) mass is 403 g/mol. The van der Waals surface area contributed by atoms with Crippen LogP contribution in [0.5, 0.6) is 0 Å². The van der Waals surface area contributed by atoms with E-state index in [-0.39, 0.29) is 35.0 Å². The normalized spacial score (nSPS) is 12.8. The molecule has 1 amide bonds. The first-order valence-electron chi connectivity index (χ1n) is 8.21. The number of ether oxygens (including phenoxy) is 1. The predicted octanol–water partition coefficient (Wildman–Crippen LogP) is 3.78. The Morgan fingerprint density at radius 1 is 1.41 bits per heavy atom. The van der Waals surface area contributed by atoms with Crippen LogP contribution >= 0.6 is 11.8 Å². The van der Waals surface area contributed by atoms with Crippen LogP contribution < -0.4 is 5.32 Å². The molecule has 6 nitrogen and oxygen atoms in total. The van der Waals surface area contributed by atoms with Crippen LogP contribution in [0.3, 0.4) is 0 Å². The average molecular weight is 403 g/mol. The quantitative estimate of drug-likeness (QED) is 0.390. The maximum Gasteiger partial charge on any atom is 0.433 e. The van der Waals surface area contributed by atoms with Crippen molar-refractivity contribution in [2.24, 2.45) is 0 Å². The van der Waals surface area contributed by atoms with Gasteiger partial charge in [0.1, 0.15) is 11.4 Å². The Balaban J connectivity index is 1.96. The van der Waals surface area contributed by atoms with Crippen LogP contribution in [0.1, 0.15) is 25.5 Å². The Bertz CT molecular complexity index is 739. The van der Waals surface area contributed by atoms with Gasteiger partial charge in [-0.3, -0.25) is 4.79 Å². The number of carbonyl (C=O) groups is 1. The van der Waals surface area contributed by atoms with E-state index in [4.69, 9.17) is 9.15 Å². The molecule has 0 saturated carbocycles. The van der Waals surface area contributed by atoms with Crippen molar-refractivity contribution < 1.29 is 27.1 Å². The third-order valence-corrected chi connectivity index (χ3v) is 4.31. The van der Waals surface area contributed by atoms with E-state index in [0.717, 1.165) is 17.8 Å². The minimum atomic E-state index is -4.59. The maximum atomic E-state index is 13.1. The van der Waals surface area contributed by atoms with Crippen LogP contribution in [-0.2, 0) is 15.7 Å². The van der Waals surface area contributed by atoms with Crippen LogP contribution in [0.2, 0.25) is 0 Å². The van der Waals surface area contributed by atoms with Crippen LogP contribution in [0.15, 0.2) is 34.0 Å². The number of aromatic nitrogens is 2. The molecule has 148 valence electrons. The number of hydrogen-bond donors (Lipinski definition) is 1. The second-order valence-corrected chi connectivity index (χ2v) is 6.83. The minimum Gasteiger partial charge on any atom is -0.463 e. The van der Waals surface area contributed by atoms with Crippen molar-refractivity contribution in [2.45, 2.75) is 37.1 Å². The number of amides is 1. The van der Waals surface area contributed by atoms with E-state index in [1.54, 1.807) is 13.2 Å². The van der Waals surface area contributed by atoms with Gasteiger partial charge in [-0.05, 0) is 31.5 Å². The number of furan rings is 1. The molecule has 0 aromatic carbocycles. The summed E-state index contributed by atoms with van der Waals surface area (Å²) < 4.78 is 49.3. The second kappa shape index (κ2) is 9.75. The number of methoxy groups -OCH3 is 1. The Hall–Kier alpha value is -2.07. The molecule has 1 N–H and O–H groups in total. The molecule has 2 rings (SSSR count). The van der Waals surface area contributed by atoms with Crippen molar-refractivity contribution in [3.05, 3.63) is 30.2 Å². The number of nitrogens with one attached hydrogen (secondary N) is 1. The lowest BCUT2D eigenvalue weighted by molar-refractivity contribution is -0.141. The van der Waals surface area contributed by atoms with E-state index < -0.39 is 11.9 Å². The van der Waals surface area contributed by atoms with Crippen LogP contribution in [0.4, 0.5) is 13.2 Å². The van der Waals surface area contributed by atoms with E-state index >= 15 is 0 Å². The van der Waals surface area contributed by atoms with Crippen LogP contribution in [0.25, 0.3) is 11.5 Å². The van der Waals surface area contributed by atoms with Gasteiger partial charge in [0.15, 0.2) is 10.9 Å². The summed E-state index contributed by atoms with van der Waals surface area (Å²) in [4.78, 5) is 19.5. The third kappa shape index (κ3) is 6.87. The van der Waals surface area contributed by atoms with Crippen molar-refractivity contribution in [2.75, 3.05) is 19.5 Å². The van der Waals surface area contributed by atoms with Crippen molar-refractivity contribution in [1.29, 1.82) is 0 Å². The first kappa shape index (κ1) is 21.2. The van der Waals surface area contributed by atoms with E-state index in [0.29, 0.717) is 18.8 Å². The fourth-order valence-electron chi connectivity index (χ4n) is 2.22. The Kier molecular flexibility index (Phi) is 7.66. The fourth-order valence-corrected chi connectivity index (χ4v) is 3.02. The zero-order valence-corrected chi connectivity index (χ0v) is 15.7. The summed E-state index contributed by atoms with van der Waals surface area (Å²) in [5.41, 5.74) is -0.964. The Labute approximate surface area is 158 Å². The molecular weight excluding hydrogens is 383 g/mol. The highest BCUT2D eigenvalue weighted by Gasteiger charge is 2.34. The molecule has 0 aliphatic carbocycles. The van der Waals surface area contributed by atoms with Crippen molar-refractivity contribution in [3.8, 4) is 11.5 Å². The summed E-state index contributed by atoms with van der Waals surface area (Å²) in [7, 11) is 1.55. The largest absolute Gasteiger partial charge is 0.463 e. The average Bonchev–Trinajstić information content (AvgIpc) is 3.12. The van der Waals surface area contributed by atoms with Gasteiger partial charge in [0.2, 0.25) is 5.91 Å². The van der Waals surface area contributed by atoms with E-state index in [1.165, 1.54) is 12.3 Å². The van der Waals surface area contributed by atoms with Gasteiger partial charge in [0.25, 0.3) is 0 Å². The molecule has 1 atom stereocenters. The highest BCUT2D eigenvalue weighted by Crippen LogP contribution is 2.32. The smallest absolute Gasteiger partial charge is 0.433 e. The summed E-state index contributed by atoms with van der Waals surface area (Å²) in [5.74, 6) is 0.503. The van der Waals surface area contributed by atoms with Gasteiger partial charge < -0.3 is 14.5 Å². The minimum absolute atomic E-state index is 0.00983. The molecule has 0 saturated heterocycles. The second-order valence-electron chi connectivity index (χ2n) is 5.77. The van der Waals surface area contributed by atoms with E-state index in [2.05, 4.69) is 15.3 Å². The molecule has 0 radical (unpaired) electrons. The maximum absolute atomic E-state index is 13.1. The number of hydrogen-bond acceptors (Lipinski definition) is 6. The van der Waals surface area contributed by atoms with Gasteiger partial charge in [0, 0.05) is 25.3 Å². The van der Waals surface area contributed by atoms with Gasteiger partial charge in [-0.15, -0.1) is 0 Å². The van der Waals surface area contributed by atoms with Gasteiger partial charge in [0.05, 0.1) is 12.9 Å². The summed E-state index contributed by atoms with van der Waals surface area (Å²) >= 11 is 1.06. The molecule has 0 aliphatic heterocycles. The molecule has 27 heavy (non-hydrogen) atoms. The zero-order chi connectivity index (χ0) is 19.9. The van der Waals surface area contributed by atoms with Gasteiger partial charge in [-0.25, -0.2) is 9.97 Å². The van der Waals surface area contributed by atoms with E-state index in [9.17, 15) is 18.0 Å². The topological polar surface area (TPSA) is 77.2 Å². The Morgan fingerprint density at radius 3 is 2.81 bits per heavy atom. The number of carbonyl (C=O) groups excluding carboxylic acids is 1. The molecule has 0 bridgehead atoms. The first-order chi connectivity index (χ1) is 12.8. The number of nitrogens with zero attached hydrogens (tertiary/aromatic N) is 2. The van der Waals surface area contributed by atoms with Crippen molar-refractivity contribution in [1.82, 2.24) is 15.3 Å². The summed E-state index contributed by atoms with van der Waals surface area (Å²) in [6, 6.07) is 3.86. The first-order valence-corrected chi connectivity index (χ1v) is 9.19. The molecule has 0 aliphatic rings. The van der Waals surface area contributed by atoms with Crippen molar-refractivity contribution >= 4 is 17.7 Å². The SMILES string of the molecule is COC[C@@H](C)NC(=O)CCCSc1nc(-c2ccco2)cc(C(F)(F)F)n1. The summed E-state index contributed by atoms with van der Waals surface area (Å²) in [6.07, 6.45) is -2.49. The van der Waals surface area contributed by atoms with Crippen LogP contribution in [-0.4, -0.2) is 41.4 Å². The molecule has 2 heterocycles. The fraction of sp³-hybridized carbons (Fsp3) is 0.471. The standard InChI is InChI=1S/C17H20F3N3O3S/c1-11(10-25-2)21-15(24)6-4-8-27-16-22-12(13-5-3-7-26-13)9-14(23-16)17(18,19)20/h3,5,7,9,11H,4,6,8,10H2,1-2H3,(H,21,24)/t11-/m1/s1. The molecule has 10 heteroatoms. The highest BCUT2D eigenvalue weighted by atomic mass is 32.2. The van der Waals surface area contributed by atoms with Gasteiger partial charge in [-0.1, -0.05) is 11.8 Å². The predicted molar refractivity (Wildman–Crippen MR) is 94.2 cm³/mol. The lowest BCUT2D eigenvalue weighted by atomic mass is 10.2. The molecule has 0 unspecified atom stereocenters. The van der Waals surface area contributed by atoms with E-state index in [1.807, 2.05) is 6.92 Å². The van der Waals surface area contributed by atoms with Crippen molar-refractivity contribution in [3.63, 3.8) is 0 Å². The Morgan fingerprint density at radius 2 is 2.19 bits per heavy atom. The number of rotatable bonds is 9. The molecule has 2 aromatic heterocycles. The molecular formula is C17H20F3N3O3S. The third-order valence-electron chi connectivity index (χ3n) is 3.37. The molecule has 0 spiro atoms. The van der Waals surface area contributed by atoms with Crippen LogP contribution in [0, 0.1) is 0 Å². The lowest BCUT2D eigenvalue weighted by Crippen LogP contribution is -2.35. The number of alkyl halides is 3. The number of thioether (sulfide) groups is 1. The number of halogens is 3. The van der Waals surface area contributed by atoms with Gasteiger partial charge >= 0.3 is 6.18 Å². The molecule has 0 fully saturated rings. The summed E-state index contributed by atoms with van der Waals surface area (Å²) in [5, 5.41) is 2.76. The molecule has 2 aromatic rings. The lowest BCUT2D eigenvalue weighted by Gasteiger charge is -2.12.